The van der Waals surface area contributed by atoms with E-state index in [9.17, 15) is 14.4 Å². The molecule has 1 fully saturated rings. The molecule has 3 amide bonds. The first-order valence-corrected chi connectivity index (χ1v) is 9.85. The number of nitrogens with zero attached hydrogens (tertiary/aromatic N) is 2. The van der Waals surface area contributed by atoms with Crippen molar-refractivity contribution in [1.82, 2.24) is 15.1 Å². The van der Waals surface area contributed by atoms with Crippen molar-refractivity contribution in [2.24, 2.45) is 0 Å². The van der Waals surface area contributed by atoms with Crippen molar-refractivity contribution < 1.29 is 14.4 Å². The number of piperazine rings is 1. The third-order valence-electron chi connectivity index (χ3n) is 5.40. The smallest absolute Gasteiger partial charge is 0.254 e. The Balaban J connectivity index is 1.32. The largest absolute Gasteiger partial charge is 0.340 e. The van der Waals surface area contributed by atoms with Crippen LogP contribution in [0.3, 0.4) is 0 Å². The maximum Gasteiger partial charge on any atom is 0.254 e. The van der Waals surface area contributed by atoms with Crippen LogP contribution in [0.2, 0.25) is 0 Å². The van der Waals surface area contributed by atoms with E-state index in [2.05, 4.69) is 27.7 Å². The molecule has 4 rings (SSSR count). The molecule has 0 spiro atoms. The van der Waals surface area contributed by atoms with Gasteiger partial charge in [0.1, 0.15) is 6.04 Å². The van der Waals surface area contributed by atoms with E-state index in [1.165, 1.54) is 5.56 Å². The van der Waals surface area contributed by atoms with E-state index < -0.39 is 6.04 Å². The van der Waals surface area contributed by atoms with Crippen molar-refractivity contribution in [2.45, 2.75) is 19.0 Å². The number of carbonyl (C=O) groups excluding carboxylic acids is 3. The standard InChI is InChI=1S/C22H24N4O3/c27-20(26-12-10-25(11-13-26)15-16-6-2-1-3-7-16)14-19-22(29)23-18-9-5-4-8-17(18)21(28)24-19/h1-9,19H,10-15H2,(H,23,29)(H,24,28)/t19-/m1/s1. The van der Waals surface area contributed by atoms with Gasteiger partial charge in [-0.15, -0.1) is 0 Å². The minimum atomic E-state index is -0.871. The second kappa shape index (κ2) is 8.45. The SMILES string of the molecule is O=C1N[C@H](CC(=O)N2CCN(Cc3ccccc3)CC2)C(=O)Nc2ccccc21. The fourth-order valence-corrected chi connectivity index (χ4v) is 3.76. The number of rotatable bonds is 4. The summed E-state index contributed by atoms with van der Waals surface area (Å²) in [6.45, 7) is 3.68. The number of carbonyl (C=O) groups is 3. The third-order valence-corrected chi connectivity index (χ3v) is 5.40. The number of hydrogen-bond acceptors (Lipinski definition) is 4. The molecule has 2 heterocycles. The molecule has 7 nitrogen and oxygen atoms in total. The van der Waals surface area contributed by atoms with Crippen LogP contribution in [0, 0.1) is 0 Å². The molecule has 7 heteroatoms. The Labute approximate surface area is 169 Å². The maximum absolute atomic E-state index is 12.7. The van der Waals surface area contributed by atoms with Crippen molar-refractivity contribution in [2.75, 3.05) is 31.5 Å². The molecule has 29 heavy (non-hydrogen) atoms. The van der Waals surface area contributed by atoms with Gasteiger partial charge in [0.05, 0.1) is 17.7 Å². The second-order valence-electron chi connectivity index (χ2n) is 7.41. The second-order valence-corrected chi connectivity index (χ2v) is 7.41. The van der Waals surface area contributed by atoms with Crippen LogP contribution < -0.4 is 10.6 Å². The lowest BCUT2D eigenvalue weighted by atomic mass is 10.1. The van der Waals surface area contributed by atoms with E-state index in [-0.39, 0.29) is 24.1 Å². The van der Waals surface area contributed by atoms with Gasteiger partial charge in [-0.2, -0.15) is 0 Å². The van der Waals surface area contributed by atoms with Crippen LogP contribution in [0.5, 0.6) is 0 Å². The summed E-state index contributed by atoms with van der Waals surface area (Å²) in [6, 6.07) is 16.2. The molecule has 0 bridgehead atoms. The predicted molar refractivity (Wildman–Crippen MR) is 109 cm³/mol. The van der Waals surface area contributed by atoms with E-state index in [4.69, 9.17) is 0 Å². The van der Waals surface area contributed by atoms with Crippen molar-refractivity contribution in [3.05, 3.63) is 65.7 Å². The minimum Gasteiger partial charge on any atom is -0.340 e. The van der Waals surface area contributed by atoms with Crippen LogP contribution in [-0.2, 0) is 16.1 Å². The quantitative estimate of drug-likeness (QED) is 0.826. The number of hydrogen-bond donors (Lipinski definition) is 2. The van der Waals surface area contributed by atoms with Crippen molar-refractivity contribution in [3.8, 4) is 0 Å². The van der Waals surface area contributed by atoms with E-state index >= 15 is 0 Å². The number of anilines is 1. The highest BCUT2D eigenvalue weighted by Gasteiger charge is 2.31. The number of amides is 3. The van der Waals surface area contributed by atoms with Gasteiger partial charge in [0, 0.05) is 32.7 Å². The molecule has 1 saturated heterocycles. The van der Waals surface area contributed by atoms with Crippen molar-refractivity contribution in [3.63, 3.8) is 0 Å². The van der Waals surface area contributed by atoms with Gasteiger partial charge in [-0.1, -0.05) is 42.5 Å². The average molecular weight is 392 g/mol. The van der Waals surface area contributed by atoms with Gasteiger partial charge in [0.15, 0.2) is 0 Å². The fraction of sp³-hybridized carbons (Fsp3) is 0.318. The normalized spacial score (nSPS) is 19.7. The zero-order valence-electron chi connectivity index (χ0n) is 16.1. The van der Waals surface area contributed by atoms with E-state index in [1.807, 2.05) is 18.2 Å². The monoisotopic (exact) mass is 392 g/mol. The lowest BCUT2D eigenvalue weighted by Crippen LogP contribution is -2.51. The summed E-state index contributed by atoms with van der Waals surface area (Å²) < 4.78 is 0. The van der Waals surface area contributed by atoms with E-state index in [0.29, 0.717) is 24.3 Å². The Morgan fingerprint density at radius 2 is 1.62 bits per heavy atom. The minimum absolute atomic E-state index is 0.0375. The molecule has 0 unspecified atom stereocenters. The Morgan fingerprint density at radius 1 is 0.931 bits per heavy atom. The van der Waals surface area contributed by atoms with Gasteiger partial charge >= 0.3 is 0 Å². The summed E-state index contributed by atoms with van der Waals surface area (Å²) in [5, 5.41) is 5.43. The molecule has 2 aliphatic rings. The molecule has 0 aromatic heterocycles. The first-order chi connectivity index (χ1) is 14.1. The Hall–Kier alpha value is -3.19. The van der Waals surface area contributed by atoms with Gasteiger partial charge in [-0.05, 0) is 17.7 Å². The Morgan fingerprint density at radius 3 is 2.38 bits per heavy atom. The van der Waals surface area contributed by atoms with Crippen LogP contribution in [0.15, 0.2) is 54.6 Å². The van der Waals surface area contributed by atoms with Crippen LogP contribution in [0.4, 0.5) is 5.69 Å². The molecule has 0 aliphatic carbocycles. The first kappa shape index (κ1) is 19.1. The van der Waals surface area contributed by atoms with Gasteiger partial charge in [0.2, 0.25) is 11.8 Å². The lowest BCUT2D eigenvalue weighted by Gasteiger charge is -2.35. The predicted octanol–water partition coefficient (Wildman–Crippen LogP) is 1.47. The zero-order valence-corrected chi connectivity index (χ0v) is 16.1. The first-order valence-electron chi connectivity index (χ1n) is 9.85. The molecule has 2 N–H and O–H groups in total. The molecular formula is C22H24N4O3. The van der Waals surface area contributed by atoms with Gasteiger partial charge in [0.25, 0.3) is 5.91 Å². The van der Waals surface area contributed by atoms with Crippen LogP contribution in [0.25, 0.3) is 0 Å². The lowest BCUT2D eigenvalue weighted by molar-refractivity contribution is -0.135. The summed E-state index contributed by atoms with van der Waals surface area (Å²) in [4.78, 5) is 41.7. The summed E-state index contributed by atoms with van der Waals surface area (Å²) in [6.07, 6.45) is -0.0375. The zero-order chi connectivity index (χ0) is 20.2. The molecular weight excluding hydrogens is 368 g/mol. The Bertz CT molecular complexity index is 907. The molecule has 1 atom stereocenters. The average Bonchev–Trinajstić information content (AvgIpc) is 2.85. The van der Waals surface area contributed by atoms with Crippen molar-refractivity contribution in [1.29, 1.82) is 0 Å². The molecule has 150 valence electrons. The number of nitrogens with one attached hydrogen (secondary N) is 2. The highest BCUT2D eigenvalue weighted by molar-refractivity contribution is 6.10. The topological polar surface area (TPSA) is 81.8 Å². The van der Waals surface area contributed by atoms with Crippen LogP contribution in [-0.4, -0.2) is 59.7 Å². The Kier molecular flexibility index (Phi) is 5.57. The highest BCUT2D eigenvalue weighted by Crippen LogP contribution is 2.19. The van der Waals surface area contributed by atoms with Crippen molar-refractivity contribution >= 4 is 23.4 Å². The highest BCUT2D eigenvalue weighted by atomic mass is 16.2. The molecule has 2 aromatic rings. The number of fused-ring (bicyclic) bond motifs is 1. The summed E-state index contributed by atoms with van der Waals surface area (Å²) in [5.41, 5.74) is 2.13. The van der Waals surface area contributed by atoms with Gasteiger partial charge < -0.3 is 15.5 Å². The molecule has 2 aliphatic heterocycles. The fourth-order valence-electron chi connectivity index (χ4n) is 3.76. The summed E-state index contributed by atoms with van der Waals surface area (Å²) in [5.74, 6) is -0.820. The molecule has 2 aromatic carbocycles. The maximum atomic E-state index is 12.7. The summed E-state index contributed by atoms with van der Waals surface area (Å²) >= 11 is 0. The third kappa shape index (κ3) is 4.46. The van der Waals surface area contributed by atoms with Gasteiger partial charge in [-0.3, -0.25) is 19.3 Å². The number of para-hydroxylation sites is 1. The van der Waals surface area contributed by atoms with E-state index in [1.54, 1.807) is 29.2 Å². The number of benzene rings is 2. The van der Waals surface area contributed by atoms with Crippen LogP contribution >= 0.6 is 0 Å². The van der Waals surface area contributed by atoms with Crippen LogP contribution in [0.1, 0.15) is 22.3 Å². The molecule has 0 saturated carbocycles. The molecule has 0 radical (unpaired) electrons. The summed E-state index contributed by atoms with van der Waals surface area (Å²) in [7, 11) is 0. The van der Waals surface area contributed by atoms with Gasteiger partial charge in [-0.25, -0.2) is 0 Å². The van der Waals surface area contributed by atoms with E-state index in [0.717, 1.165) is 19.6 Å².